The molecule has 3 atom stereocenters. The molecule has 228 valence electrons. The third kappa shape index (κ3) is 9.93. The maximum Gasteiger partial charge on any atom is 0.159 e. The minimum absolute atomic E-state index is 0.240. The number of nitrogens with zero attached hydrogens (tertiary/aromatic N) is 2. The number of unbranched alkanes of at least 4 members (excludes halogenated alkanes) is 1. The van der Waals surface area contributed by atoms with E-state index in [1.807, 2.05) is 36.7 Å². The van der Waals surface area contributed by atoms with Crippen LogP contribution in [0.15, 0.2) is 85.2 Å². The SMILES string of the molecule is CCCCc1cnc(-c2ccc(C(OCc3ccc(OCC(C)CC)cc3)c3ccc(OCC(C)CC)cc3)cc2)nc1. The molecule has 1 aromatic heterocycles. The van der Waals surface area contributed by atoms with E-state index in [0.717, 1.165) is 78.5 Å². The van der Waals surface area contributed by atoms with Gasteiger partial charge in [-0.15, -0.1) is 0 Å². The first-order valence-corrected chi connectivity index (χ1v) is 16.0. The van der Waals surface area contributed by atoms with Crippen molar-refractivity contribution in [2.75, 3.05) is 13.2 Å². The third-order valence-electron chi connectivity index (χ3n) is 7.98. The zero-order chi connectivity index (χ0) is 30.4. The maximum absolute atomic E-state index is 6.60. The van der Waals surface area contributed by atoms with Gasteiger partial charge in [-0.1, -0.05) is 102 Å². The first-order valence-electron chi connectivity index (χ1n) is 16.0. The summed E-state index contributed by atoms with van der Waals surface area (Å²) in [6, 6.07) is 24.9. The molecule has 0 aliphatic carbocycles. The van der Waals surface area contributed by atoms with Gasteiger partial charge in [0.15, 0.2) is 5.82 Å². The number of ether oxygens (including phenoxy) is 3. The van der Waals surface area contributed by atoms with Crippen molar-refractivity contribution in [1.29, 1.82) is 0 Å². The standard InChI is InChI=1S/C38H48N2O3/c1-6-9-10-31-23-39-38(40-24-31)34-15-13-32(14-16-34)37(33-17-21-36(22-18-33)42-26-29(5)8-3)43-27-30-11-19-35(20-12-30)41-25-28(4)7-2/h11-24,28-29,37H,6-10,25-27H2,1-5H3. The van der Waals surface area contributed by atoms with E-state index in [-0.39, 0.29) is 6.10 Å². The zero-order valence-corrected chi connectivity index (χ0v) is 26.6. The van der Waals surface area contributed by atoms with Gasteiger partial charge < -0.3 is 14.2 Å². The summed E-state index contributed by atoms with van der Waals surface area (Å²) < 4.78 is 18.5. The molecule has 0 aliphatic heterocycles. The Morgan fingerprint density at radius 1 is 0.628 bits per heavy atom. The van der Waals surface area contributed by atoms with Crippen LogP contribution in [-0.2, 0) is 17.8 Å². The number of rotatable bonds is 17. The van der Waals surface area contributed by atoms with E-state index in [2.05, 4.69) is 93.1 Å². The van der Waals surface area contributed by atoms with Gasteiger partial charge in [0.1, 0.15) is 17.6 Å². The molecule has 0 spiro atoms. The summed E-state index contributed by atoms with van der Waals surface area (Å²) in [5, 5.41) is 0. The van der Waals surface area contributed by atoms with E-state index in [4.69, 9.17) is 14.2 Å². The van der Waals surface area contributed by atoms with Crippen molar-refractivity contribution in [3.8, 4) is 22.9 Å². The van der Waals surface area contributed by atoms with E-state index in [9.17, 15) is 0 Å². The van der Waals surface area contributed by atoms with Crippen LogP contribution in [0.4, 0.5) is 0 Å². The minimum atomic E-state index is -0.240. The number of hydrogen-bond acceptors (Lipinski definition) is 5. The number of hydrogen-bond donors (Lipinski definition) is 0. The predicted octanol–water partition coefficient (Wildman–Crippen LogP) is 9.64. The van der Waals surface area contributed by atoms with Crippen LogP contribution in [0.3, 0.4) is 0 Å². The van der Waals surface area contributed by atoms with Gasteiger partial charge in [0.25, 0.3) is 0 Å². The number of benzene rings is 3. The van der Waals surface area contributed by atoms with E-state index < -0.39 is 0 Å². The molecule has 5 nitrogen and oxygen atoms in total. The Labute approximate surface area is 258 Å². The lowest BCUT2D eigenvalue weighted by Crippen LogP contribution is -2.09. The lowest BCUT2D eigenvalue weighted by Gasteiger charge is -2.20. The van der Waals surface area contributed by atoms with Crippen LogP contribution in [-0.4, -0.2) is 23.2 Å². The molecule has 0 bridgehead atoms. The molecular weight excluding hydrogens is 532 g/mol. The van der Waals surface area contributed by atoms with Gasteiger partial charge >= 0.3 is 0 Å². The van der Waals surface area contributed by atoms with Crippen LogP contribution in [0.2, 0.25) is 0 Å². The van der Waals surface area contributed by atoms with Crippen molar-refractivity contribution >= 4 is 0 Å². The summed E-state index contributed by atoms with van der Waals surface area (Å²) in [7, 11) is 0. The Morgan fingerprint density at radius 3 is 1.65 bits per heavy atom. The van der Waals surface area contributed by atoms with Gasteiger partial charge in [-0.05, 0) is 71.2 Å². The third-order valence-corrected chi connectivity index (χ3v) is 7.98. The molecule has 0 fully saturated rings. The number of aromatic nitrogens is 2. The fourth-order valence-corrected chi connectivity index (χ4v) is 4.52. The van der Waals surface area contributed by atoms with E-state index in [1.165, 1.54) is 12.0 Å². The van der Waals surface area contributed by atoms with Gasteiger partial charge in [-0.3, -0.25) is 0 Å². The van der Waals surface area contributed by atoms with E-state index in [1.54, 1.807) is 0 Å². The van der Waals surface area contributed by atoms with Crippen molar-refractivity contribution < 1.29 is 14.2 Å². The van der Waals surface area contributed by atoms with Crippen molar-refractivity contribution in [1.82, 2.24) is 9.97 Å². The molecule has 3 aromatic carbocycles. The smallest absolute Gasteiger partial charge is 0.159 e. The molecule has 0 aliphatic rings. The van der Waals surface area contributed by atoms with Gasteiger partial charge in [0.05, 0.1) is 19.8 Å². The average Bonchev–Trinajstić information content (AvgIpc) is 3.06. The fourth-order valence-electron chi connectivity index (χ4n) is 4.52. The molecule has 0 radical (unpaired) electrons. The average molecular weight is 581 g/mol. The summed E-state index contributed by atoms with van der Waals surface area (Å²) in [4.78, 5) is 9.25. The largest absolute Gasteiger partial charge is 0.493 e. The van der Waals surface area contributed by atoms with Crippen LogP contribution >= 0.6 is 0 Å². The lowest BCUT2D eigenvalue weighted by molar-refractivity contribution is 0.0666. The van der Waals surface area contributed by atoms with Crippen molar-refractivity contribution in [3.63, 3.8) is 0 Å². The highest BCUT2D eigenvalue weighted by Gasteiger charge is 2.17. The quantitative estimate of drug-likeness (QED) is 0.124. The monoisotopic (exact) mass is 580 g/mol. The predicted molar refractivity (Wildman–Crippen MR) is 175 cm³/mol. The highest BCUT2D eigenvalue weighted by atomic mass is 16.5. The van der Waals surface area contributed by atoms with Crippen LogP contribution in [0.1, 0.15) is 88.7 Å². The van der Waals surface area contributed by atoms with Gasteiger partial charge in [-0.25, -0.2) is 9.97 Å². The molecule has 1 heterocycles. The highest BCUT2D eigenvalue weighted by Crippen LogP contribution is 2.30. The van der Waals surface area contributed by atoms with Gasteiger partial charge in [0, 0.05) is 18.0 Å². The first-order chi connectivity index (χ1) is 21.0. The molecule has 0 saturated heterocycles. The molecule has 0 N–H and O–H groups in total. The second-order valence-corrected chi connectivity index (χ2v) is 11.7. The van der Waals surface area contributed by atoms with Crippen molar-refractivity contribution in [2.24, 2.45) is 11.8 Å². The molecule has 3 unspecified atom stereocenters. The first kappa shape index (κ1) is 32.2. The molecule has 0 saturated carbocycles. The summed E-state index contributed by atoms with van der Waals surface area (Å²) in [6.45, 7) is 12.9. The maximum atomic E-state index is 6.60. The molecule has 43 heavy (non-hydrogen) atoms. The summed E-state index contributed by atoms with van der Waals surface area (Å²) >= 11 is 0. The molecular formula is C38H48N2O3. The van der Waals surface area contributed by atoms with Gasteiger partial charge in [0.2, 0.25) is 0 Å². The van der Waals surface area contributed by atoms with E-state index in [0.29, 0.717) is 18.4 Å². The van der Waals surface area contributed by atoms with Crippen LogP contribution in [0.25, 0.3) is 11.4 Å². The van der Waals surface area contributed by atoms with Crippen molar-refractivity contribution in [2.45, 2.75) is 79.4 Å². The normalized spacial score (nSPS) is 13.3. The summed E-state index contributed by atoms with van der Waals surface area (Å²) in [6.07, 6.45) is 9.20. The molecule has 5 heteroatoms. The molecule has 4 aromatic rings. The van der Waals surface area contributed by atoms with Crippen LogP contribution in [0, 0.1) is 11.8 Å². The Morgan fingerprint density at radius 2 is 1.14 bits per heavy atom. The van der Waals surface area contributed by atoms with Crippen LogP contribution in [0.5, 0.6) is 11.5 Å². The molecule has 0 amide bonds. The van der Waals surface area contributed by atoms with E-state index >= 15 is 0 Å². The van der Waals surface area contributed by atoms with Gasteiger partial charge in [-0.2, -0.15) is 0 Å². The van der Waals surface area contributed by atoms with Crippen molar-refractivity contribution in [3.05, 3.63) is 107 Å². The zero-order valence-electron chi connectivity index (χ0n) is 26.6. The number of aryl methyl sites for hydroxylation is 1. The highest BCUT2D eigenvalue weighted by molar-refractivity contribution is 5.55. The second kappa shape index (κ2) is 16.8. The minimum Gasteiger partial charge on any atom is -0.493 e. The molecule has 4 rings (SSSR count). The summed E-state index contributed by atoms with van der Waals surface area (Å²) in [5.41, 5.74) is 5.43. The fraction of sp³-hybridized carbons (Fsp3) is 0.421. The Hall–Kier alpha value is -3.70. The Balaban J connectivity index is 1.49. The second-order valence-electron chi connectivity index (χ2n) is 11.7. The lowest BCUT2D eigenvalue weighted by atomic mass is 9.99. The Bertz CT molecular complexity index is 1340. The topological polar surface area (TPSA) is 53.5 Å². The van der Waals surface area contributed by atoms with Crippen LogP contribution < -0.4 is 9.47 Å². The Kier molecular flexibility index (Phi) is 12.6. The summed E-state index contributed by atoms with van der Waals surface area (Å²) in [5.74, 6) is 3.58.